The third-order valence-electron chi connectivity index (χ3n) is 3.52. The molecule has 25 heavy (non-hydrogen) atoms. The van der Waals surface area contributed by atoms with Gasteiger partial charge in [0.05, 0.1) is 20.6 Å². The van der Waals surface area contributed by atoms with Crippen LogP contribution in [0.2, 0.25) is 0 Å². The minimum Gasteiger partial charge on any atom is -0.493 e. The van der Waals surface area contributed by atoms with Gasteiger partial charge in [0.15, 0.2) is 11.5 Å². The molecular formula is C19H29NO5. The van der Waals surface area contributed by atoms with Gasteiger partial charge in [-0.15, -0.1) is 0 Å². The number of amides is 1. The van der Waals surface area contributed by atoms with E-state index in [0.717, 1.165) is 5.56 Å². The van der Waals surface area contributed by atoms with E-state index in [1.165, 1.54) is 0 Å². The number of benzene rings is 1. The number of ether oxygens (including phenoxy) is 3. The van der Waals surface area contributed by atoms with Gasteiger partial charge in [-0.25, -0.2) is 0 Å². The molecule has 0 spiro atoms. The number of methoxy groups -OCH3 is 2. The zero-order valence-corrected chi connectivity index (χ0v) is 16.0. The smallest absolute Gasteiger partial charge is 0.306 e. The van der Waals surface area contributed by atoms with Crippen LogP contribution < -0.4 is 9.47 Å². The molecule has 0 N–H and O–H groups in total. The summed E-state index contributed by atoms with van der Waals surface area (Å²) in [4.78, 5) is 25.6. The zero-order chi connectivity index (χ0) is 19.0. The van der Waals surface area contributed by atoms with E-state index in [1.807, 2.05) is 26.8 Å². The van der Waals surface area contributed by atoms with Gasteiger partial charge in [-0.05, 0) is 44.9 Å². The van der Waals surface area contributed by atoms with Crippen LogP contribution in [0.15, 0.2) is 18.2 Å². The van der Waals surface area contributed by atoms with Crippen molar-refractivity contribution in [2.75, 3.05) is 27.8 Å². The lowest BCUT2D eigenvalue weighted by Crippen LogP contribution is -2.30. The van der Waals surface area contributed by atoms with Crippen molar-refractivity contribution in [3.8, 4) is 11.5 Å². The molecule has 0 saturated heterocycles. The highest BCUT2D eigenvalue weighted by Crippen LogP contribution is 2.27. The predicted octanol–water partition coefficient (Wildman–Crippen LogP) is 2.83. The Morgan fingerprint density at radius 1 is 1.08 bits per heavy atom. The Hall–Kier alpha value is -2.24. The number of nitrogens with zero attached hydrogens (tertiary/aromatic N) is 1. The maximum Gasteiger partial charge on any atom is 0.306 e. The van der Waals surface area contributed by atoms with Gasteiger partial charge in [-0.2, -0.15) is 0 Å². The number of hydrogen-bond donors (Lipinski definition) is 0. The van der Waals surface area contributed by atoms with Gasteiger partial charge in [0.2, 0.25) is 5.91 Å². The molecule has 0 aliphatic heterocycles. The molecule has 1 amide bonds. The molecule has 0 unspecified atom stereocenters. The lowest BCUT2D eigenvalue weighted by atomic mass is 10.1. The van der Waals surface area contributed by atoms with E-state index in [-0.39, 0.29) is 18.3 Å². The SMILES string of the molecule is COc1ccc(CC(=O)N(C)CCCC(=O)OC(C)(C)C)cc1OC. The predicted molar refractivity (Wildman–Crippen MR) is 96.0 cm³/mol. The van der Waals surface area contributed by atoms with E-state index in [9.17, 15) is 9.59 Å². The Balaban J connectivity index is 2.48. The molecule has 0 saturated carbocycles. The first-order valence-electron chi connectivity index (χ1n) is 8.33. The fourth-order valence-electron chi connectivity index (χ4n) is 2.28. The first kappa shape index (κ1) is 20.8. The summed E-state index contributed by atoms with van der Waals surface area (Å²) in [6, 6.07) is 5.42. The van der Waals surface area contributed by atoms with E-state index in [1.54, 1.807) is 38.3 Å². The molecule has 1 aromatic carbocycles. The number of carbonyl (C=O) groups excluding carboxylic acids is 2. The summed E-state index contributed by atoms with van der Waals surface area (Å²) in [5.74, 6) is 0.967. The Kier molecular flexibility index (Phi) is 7.74. The summed E-state index contributed by atoms with van der Waals surface area (Å²) in [6.07, 6.45) is 1.14. The highest BCUT2D eigenvalue weighted by atomic mass is 16.6. The van der Waals surface area contributed by atoms with E-state index in [2.05, 4.69) is 0 Å². The molecule has 0 heterocycles. The Morgan fingerprint density at radius 3 is 2.28 bits per heavy atom. The number of hydrogen-bond acceptors (Lipinski definition) is 5. The van der Waals surface area contributed by atoms with Crippen LogP contribution in [0.5, 0.6) is 11.5 Å². The van der Waals surface area contributed by atoms with Crippen LogP contribution >= 0.6 is 0 Å². The summed E-state index contributed by atoms with van der Waals surface area (Å²) in [7, 11) is 4.87. The molecule has 0 aliphatic carbocycles. The molecule has 1 aromatic rings. The molecule has 6 heteroatoms. The Bertz CT molecular complexity index is 592. The quantitative estimate of drug-likeness (QED) is 0.674. The molecular weight excluding hydrogens is 322 g/mol. The van der Waals surface area contributed by atoms with E-state index >= 15 is 0 Å². The van der Waals surface area contributed by atoms with E-state index in [4.69, 9.17) is 14.2 Å². The van der Waals surface area contributed by atoms with Crippen molar-refractivity contribution in [1.29, 1.82) is 0 Å². The van der Waals surface area contributed by atoms with Crippen molar-refractivity contribution in [2.24, 2.45) is 0 Å². The average molecular weight is 351 g/mol. The van der Waals surface area contributed by atoms with Gasteiger partial charge in [0.25, 0.3) is 0 Å². The molecule has 0 atom stereocenters. The van der Waals surface area contributed by atoms with E-state index in [0.29, 0.717) is 30.9 Å². The van der Waals surface area contributed by atoms with Gasteiger partial charge >= 0.3 is 5.97 Å². The van der Waals surface area contributed by atoms with Gasteiger partial charge < -0.3 is 19.1 Å². The van der Waals surface area contributed by atoms with Crippen LogP contribution in [0.25, 0.3) is 0 Å². The van der Waals surface area contributed by atoms with Crippen molar-refractivity contribution in [3.05, 3.63) is 23.8 Å². The normalized spacial score (nSPS) is 11.0. The molecule has 0 bridgehead atoms. The molecule has 6 nitrogen and oxygen atoms in total. The first-order chi connectivity index (χ1) is 11.7. The van der Waals surface area contributed by atoms with E-state index < -0.39 is 5.60 Å². The van der Waals surface area contributed by atoms with Crippen LogP contribution in [0, 0.1) is 0 Å². The zero-order valence-electron chi connectivity index (χ0n) is 16.0. The topological polar surface area (TPSA) is 65.1 Å². The Morgan fingerprint density at radius 2 is 1.72 bits per heavy atom. The summed E-state index contributed by atoms with van der Waals surface area (Å²) < 4.78 is 15.7. The number of rotatable bonds is 8. The van der Waals surface area contributed by atoms with Gasteiger partial charge in [0.1, 0.15) is 5.60 Å². The van der Waals surface area contributed by atoms with Gasteiger partial charge in [-0.1, -0.05) is 6.07 Å². The first-order valence-corrected chi connectivity index (χ1v) is 8.33. The maximum absolute atomic E-state index is 12.3. The Labute approximate surface area is 150 Å². The number of likely N-dealkylation sites (N-methyl/N-ethyl adjacent to an activating group) is 1. The molecule has 1 rings (SSSR count). The fraction of sp³-hybridized carbons (Fsp3) is 0.579. The minimum absolute atomic E-state index is 0.0172. The van der Waals surface area contributed by atoms with Gasteiger partial charge in [-0.3, -0.25) is 9.59 Å². The minimum atomic E-state index is -0.480. The monoisotopic (exact) mass is 351 g/mol. The molecule has 0 aromatic heterocycles. The average Bonchev–Trinajstić information content (AvgIpc) is 2.52. The lowest BCUT2D eigenvalue weighted by molar-refractivity contribution is -0.155. The highest BCUT2D eigenvalue weighted by Gasteiger charge is 2.17. The summed E-state index contributed by atoms with van der Waals surface area (Å²) in [6.45, 7) is 6.02. The largest absolute Gasteiger partial charge is 0.493 e. The van der Waals surface area contributed by atoms with Crippen molar-refractivity contribution in [2.45, 2.75) is 45.6 Å². The summed E-state index contributed by atoms with van der Waals surface area (Å²) in [5.41, 5.74) is 0.369. The van der Waals surface area contributed by atoms with Crippen LogP contribution in [-0.4, -0.2) is 50.2 Å². The van der Waals surface area contributed by atoms with Crippen LogP contribution in [0.4, 0.5) is 0 Å². The maximum atomic E-state index is 12.3. The third kappa shape index (κ3) is 7.45. The van der Waals surface area contributed by atoms with Crippen molar-refractivity contribution >= 4 is 11.9 Å². The molecule has 140 valence electrons. The molecule has 0 fully saturated rings. The second kappa shape index (κ2) is 9.30. The van der Waals surface area contributed by atoms with Crippen molar-refractivity contribution in [3.63, 3.8) is 0 Å². The summed E-state index contributed by atoms with van der Waals surface area (Å²) >= 11 is 0. The molecule has 0 radical (unpaired) electrons. The van der Waals surface area contributed by atoms with Crippen molar-refractivity contribution in [1.82, 2.24) is 4.90 Å². The van der Waals surface area contributed by atoms with Crippen LogP contribution in [-0.2, 0) is 20.7 Å². The number of esters is 1. The van der Waals surface area contributed by atoms with Crippen LogP contribution in [0.1, 0.15) is 39.2 Å². The second-order valence-electron chi connectivity index (χ2n) is 6.87. The summed E-state index contributed by atoms with van der Waals surface area (Å²) in [5, 5.41) is 0. The standard InChI is InChI=1S/C19H29NO5/c1-19(2,3)25-18(22)8-7-11-20(4)17(21)13-14-9-10-15(23-5)16(12-14)24-6/h9-10,12H,7-8,11,13H2,1-6H3. The number of carbonyl (C=O) groups is 2. The van der Waals surface area contributed by atoms with Gasteiger partial charge in [0, 0.05) is 20.0 Å². The second-order valence-corrected chi connectivity index (χ2v) is 6.87. The molecule has 0 aliphatic rings. The third-order valence-corrected chi connectivity index (χ3v) is 3.52. The highest BCUT2D eigenvalue weighted by molar-refractivity contribution is 5.78. The van der Waals surface area contributed by atoms with Crippen LogP contribution in [0.3, 0.4) is 0 Å². The van der Waals surface area contributed by atoms with Crippen molar-refractivity contribution < 1.29 is 23.8 Å². The fourth-order valence-corrected chi connectivity index (χ4v) is 2.28. The lowest BCUT2D eigenvalue weighted by Gasteiger charge is -2.20.